The SMILES string of the molecule is Cc1nc(N)nc(-c2ccc(OCC(C)C)cc2)n1. The van der Waals surface area contributed by atoms with Gasteiger partial charge in [0.1, 0.15) is 11.6 Å². The van der Waals surface area contributed by atoms with Gasteiger partial charge in [-0.3, -0.25) is 0 Å². The molecule has 0 bridgehead atoms. The number of aryl methyl sites for hydroxylation is 1. The summed E-state index contributed by atoms with van der Waals surface area (Å²) in [4.78, 5) is 12.3. The fourth-order valence-electron chi connectivity index (χ4n) is 1.59. The van der Waals surface area contributed by atoms with Gasteiger partial charge in [-0.25, -0.2) is 4.98 Å². The molecular weight excluding hydrogens is 240 g/mol. The van der Waals surface area contributed by atoms with Crippen LogP contribution in [0, 0.1) is 12.8 Å². The first-order valence-corrected chi connectivity index (χ1v) is 6.26. The van der Waals surface area contributed by atoms with E-state index in [0.29, 0.717) is 24.2 Å². The van der Waals surface area contributed by atoms with Crippen molar-refractivity contribution in [2.75, 3.05) is 12.3 Å². The third kappa shape index (κ3) is 3.64. The van der Waals surface area contributed by atoms with Crippen molar-refractivity contribution in [3.63, 3.8) is 0 Å². The van der Waals surface area contributed by atoms with Crippen molar-refractivity contribution in [3.8, 4) is 17.1 Å². The van der Waals surface area contributed by atoms with Crippen molar-refractivity contribution in [1.82, 2.24) is 15.0 Å². The molecule has 0 saturated carbocycles. The zero-order valence-electron chi connectivity index (χ0n) is 11.4. The second-order valence-corrected chi connectivity index (χ2v) is 4.79. The lowest BCUT2D eigenvalue weighted by atomic mass is 10.2. The van der Waals surface area contributed by atoms with E-state index in [2.05, 4.69) is 28.8 Å². The molecule has 5 heteroatoms. The van der Waals surface area contributed by atoms with E-state index in [-0.39, 0.29) is 5.95 Å². The summed E-state index contributed by atoms with van der Waals surface area (Å²) in [6, 6.07) is 7.66. The predicted molar refractivity (Wildman–Crippen MR) is 74.7 cm³/mol. The fourth-order valence-corrected chi connectivity index (χ4v) is 1.59. The predicted octanol–water partition coefficient (Wildman–Crippen LogP) is 2.46. The summed E-state index contributed by atoms with van der Waals surface area (Å²) >= 11 is 0. The molecule has 1 aromatic carbocycles. The average Bonchev–Trinajstić information content (AvgIpc) is 2.36. The number of nitrogens with zero attached hydrogens (tertiary/aromatic N) is 3. The van der Waals surface area contributed by atoms with Crippen LogP contribution in [0.25, 0.3) is 11.4 Å². The molecule has 2 rings (SSSR count). The van der Waals surface area contributed by atoms with Gasteiger partial charge in [0.05, 0.1) is 6.61 Å². The Morgan fingerprint density at radius 2 is 1.79 bits per heavy atom. The van der Waals surface area contributed by atoms with Crippen molar-refractivity contribution < 1.29 is 4.74 Å². The number of aromatic nitrogens is 3. The zero-order valence-corrected chi connectivity index (χ0v) is 11.4. The van der Waals surface area contributed by atoms with Crippen LogP contribution >= 0.6 is 0 Å². The number of rotatable bonds is 4. The Labute approximate surface area is 112 Å². The molecule has 0 aliphatic heterocycles. The first kappa shape index (κ1) is 13.3. The van der Waals surface area contributed by atoms with E-state index in [1.54, 1.807) is 6.92 Å². The first-order valence-electron chi connectivity index (χ1n) is 6.26. The van der Waals surface area contributed by atoms with E-state index in [9.17, 15) is 0 Å². The minimum Gasteiger partial charge on any atom is -0.493 e. The Morgan fingerprint density at radius 3 is 2.37 bits per heavy atom. The van der Waals surface area contributed by atoms with E-state index < -0.39 is 0 Å². The first-order chi connectivity index (χ1) is 9.04. The maximum absolute atomic E-state index is 5.63. The molecular formula is C14H18N4O. The quantitative estimate of drug-likeness (QED) is 0.911. The fraction of sp³-hybridized carbons (Fsp3) is 0.357. The monoisotopic (exact) mass is 258 g/mol. The molecule has 1 aromatic heterocycles. The van der Waals surface area contributed by atoms with Gasteiger partial charge in [0.2, 0.25) is 5.95 Å². The highest BCUT2D eigenvalue weighted by Gasteiger charge is 2.05. The van der Waals surface area contributed by atoms with Gasteiger partial charge >= 0.3 is 0 Å². The van der Waals surface area contributed by atoms with Gasteiger partial charge in [-0.1, -0.05) is 13.8 Å². The van der Waals surface area contributed by atoms with Gasteiger partial charge in [-0.15, -0.1) is 0 Å². The second kappa shape index (κ2) is 5.65. The third-order valence-corrected chi connectivity index (χ3v) is 2.46. The minimum atomic E-state index is 0.239. The number of ether oxygens (including phenoxy) is 1. The number of nitrogen functional groups attached to an aromatic ring is 1. The summed E-state index contributed by atoms with van der Waals surface area (Å²) in [6.45, 7) is 6.73. The maximum Gasteiger partial charge on any atom is 0.223 e. The van der Waals surface area contributed by atoms with Crippen molar-refractivity contribution in [2.45, 2.75) is 20.8 Å². The molecule has 0 aliphatic rings. The lowest BCUT2D eigenvalue weighted by molar-refractivity contribution is 0.271. The summed E-state index contributed by atoms with van der Waals surface area (Å²) in [5, 5.41) is 0. The Kier molecular flexibility index (Phi) is 3.94. The van der Waals surface area contributed by atoms with Crippen molar-refractivity contribution in [1.29, 1.82) is 0 Å². The molecule has 1 heterocycles. The second-order valence-electron chi connectivity index (χ2n) is 4.79. The molecule has 2 aromatic rings. The number of benzene rings is 1. The van der Waals surface area contributed by atoms with Gasteiger partial charge in [0, 0.05) is 5.56 Å². The molecule has 0 saturated heterocycles. The van der Waals surface area contributed by atoms with E-state index >= 15 is 0 Å². The van der Waals surface area contributed by atoms with Crippen LogP contribution in [0.2, 0.25) is 0 Å². The van der Waals surface area contributed by atoms with Crippen LogP contribution in [-0.4, -0.2) is 21.6 Å². The lowest BCUT2D eigenvalue weighted by Gasteiger charge is -2.09. The molecule has 2 N–H and O–H groups in total. The molecule has 0 radical (unpaired) electrons. The molecule has 0 fully saturated rings. The summed E-state index contributed by atoms with van der Waals surface area (Å²) in [5.41, 5.74) is 6.52. The van der Waals surface area contributed by atoms with Crippen LogP contribution in [-0.2, 0) is 0 Å². The zero-order chi connectivity index (χ0) is 13.8. The van der Waals surface area contributed by atoms with Gasteiger partial charge in [-0.05, 0) is 37.1 Å². The van der Waals surface area contributed by atoms with Crippen LogP contribution in [0.3, 0.4) is 0 Å². The van der Waals surface area contributed by atoms with Gasteiger partial charge in [-0.2, -0.15) is 9.97 Å². The third-order valence-electron chi connectivity index (χ3n) is 2.46. The standard InChI is InChI=1S/C14H18N4O/c1-9(2)8-19-12-6-4-11(5-7-12)13-16-10(3)17-14(15)18-13/h4-7,9H,8H2,1-3H3,(H2,15,16,17,18). The molecule has 0 unspecified atom stereocenters. The Balaban J connectivity index is 2.17. The summed E-state index contributed by atoms with van der Waals surface area (Å²) in [6.07, 6.45) is 0. The van der Waals surface area contributed by atoms with Gasteiger partial charge in [0.25, 0.3) is 0 Å². The number of hydrogen-bond donors (Lipinski definition) is 1. The van der Waals surface area contributed by atoms with Crippen LogP contribution in [0.15, 0.2) is 24.3 Å². The van der Waals surface area contributed by atoms with E-state index in [0.717, 1.165) is 11.3 Å². The molecule has 0 atom stereocenters. The van der Waals surface area contributed by atoms with Gasteiger partial charge < -0.3 is 10.5 Å². The molecule has 5 nitrogen and oxygen atoms in total. The summed E-state index contributed by atoms with van der Waals surface area (Å²) in [5.74, 6) is 2.78. The Bertz CT molecular complexity index is 532. The lowest BCUT2D eigenvalue weighted by Crippen LogP contribution is -2.04. The topological polar surface area (TPSA) is 73.9 Å². The normalized spacial score (nSPS) is 10.7. The number of hydrogen-bond acceptors (Lipinski definition) is 5. The number of anilines is 1. The van der Waals surface area contributed by atoms with Crippen LogP contribution in [0.4, 0.5) is 5.95 Å². The van der Waals surface area contributed by atoms with Gasteiger partial charge in [0.15, 0.2) is 5.82 Å². The smallest absolute Gasteiger partial charge is 0.223 e. The van der Waals surface area contributed by atoms with Crippen LogP contribution < -0.4 is 10.5 Å². The highest BCUT2D eigenvalue weighted by atomic mass is 16.5. The Morgan fingerprint density at radius 1 is 1.11 bits per heavy atom. The van der Waals surface area contributed by atoms with Crippen LogP contribution in [0.1, 0.15) is 19.7 Å². The van der Waals surface area contributed by atoms with Crippen molar-refractivity contribution >= 4 is 5.95 Å². The molecule has 0 aliphatic carbocycles. The van der Waals surface area contributed by atoms with E-state index in [4.69, 9.17) is 10.5 Å². The highest BCUT2D eigenvalue weighted by molar-refractivity contribution is 5.57. The minimum absolute atomic E-state index is 0.239. The van der Waals surface area contributed by atoms with Crippen molar-refractivity contribution in [3.05, 3.63) is 30.1 Å². The summed E-state index contributed by atoms with van der Waals surface area (Å²) < 4.78 is 5.63. The summed E-state index contributed by atoms with van der Waals surface area (Å²) in [7, 11) is 0. The Hall–Kier alpha value is -2.17. The van der Waals surface area contributed by atoms with Crippen molar-refractivity contribution in [2.24, 2.45) is 5.92 Å². The molecule has 0 spiro atoms. The number of nitrogens with two attached hydrogens (primary N) is 1. The molecule has 19 heavy (non-hydrogen) atoms. The average molecular weight is 258 g/mol. The largest absolute Gasteiger partial charge is 0.493 e. The maximum atomic E-state index is 5.63. The van der Waals surface area contributed by atoms with Crippen LogP contribution in [0.5, 0.6) is 5.75 Å². The highest BCUT2D eigenvalue weighted by Crippen LogP contribution is 2.20. The van der Waals surface area contributed by atoms with E-state index in [1.165, 1.54) is 0 Å². The van der Waals surface area contributed by atoms with E-state index in [1.807, 2.05) is 24.3 Å². The molecule has 100 valence electrons. The molecule has 0 amide bonds.